The first-order valence-corrected chi connectivity index (χ1v) is 7.88. The minimum atomic E-state index is -0.365. The van der Waals surface area contributed by atoms with Gasteiger partial charge in [-0.15, -0.1) is 0 Å². The molecule has 1 aromatic carbocycles. The first-order valence-electron chi connectivity index (χ1n) is 7.88. The van der Waals surface area contributed by atoms with Crippen LogP contribution in [0.1, 0.15) is 16.2 Å². The standard InChI is InChI=1S/C18H18FN5O/c1-13-22-16(12-17(23-13)24-10-2-3-11-24)20-8-9-21-18(25)14-4-6-15(19)7-5-14/h2-7,10-12H,8-9H2,1H3,(H,21,25)(H,20,22,23). The fourth-order valence-electron chi connectivity index (χ4n) is 2.33. The molecule has 0 bridgehead atoms. The number of aromatic nitrogens is 3. The molecule has 6 nitrogen and oxygen atoms in total. The van der Waals surface area contributed by atoms with Crippen molar-refractivity contribution in [2.45, 2.75) is 6.92 Å². The van der Waals surface area contributed by atoms with E-state index < -0.39 is 0 Å². The van der Waals surface area contributed by atoms with Crippen LogP contribution in [0.25, 0.3) is 5.82 Å². The van der Waals surface area contributed by atoms with E-state index in [2.05, 4.69) is 20.6 Å². The van der Waals surface area contributed by atoms with Gasteiger partial charge in [0, 0.05) is 37.1 Å². The third-order valence-corrected chi connectivity index (χ3v) is 3.52. The van der Waals surface area contributed by atoms with Gasteiger partial charge in [-0.25, -0.2) is 14.4 Å². The van der Waals surface area contributed by atoms with E-state index in [1.54, 1.807) is 0 Å². The topological polar surface area (TPSA) is 71.8 Å². The third-order valence-electron chi connectivity index (χ3n) is 3.52. The minimum Gasteiger partial charge on any atom is -0.368 e. The second-order valence-corrected chi connectivity index (χ2v) is 5.44. The summed E-state index contributed by atoms with van der Waals surface area (Å²) in [5.74, 6) is 1.51. The van der Waals surface area contributed by atoms with Crippen molar-refractivity contribution in [1.82, 2.24) is 19.9 Å². The Kier molecular flexibility index (Phi) is 5.03. The average Bonchev–Trinajstić information content (AvgIpc) is 3.13. The van der Waals surface area contributed by atoms with Gasteiger partial charge in [-0.2, -0.15) is 0 Å². The lowest BCUT2D eigenvalue weighted by Gasteiger charge is -2.10. The number of rotatable bonds is 6. The average molecular weight is 339 g/mol. The van der Waals surface area contributed by atoms with E-state index in [-0.39, 0.29) is 11.7 Å². The molecule has 1 amide bonds. The van der Waals surface area contributed by atoms with Gasteiger partial charge in [-0.1, -0.05) is 0 Å². The lowest BCUT2D eigenvalue weighted by atomic mass is 10.2. The molecule has 0 saturated heterocycles. The van der Waals surface area contributed by atoms with Crippen LogP contribution >= 0.6 is 0 Å². The first kappa shape index (κ1) is 16.6. The molecule has 0 saturated carbocycles. The molecule has 0 unspecified atom stereocenters. The van der Waals surface area contributed by atoms with E-state index in [4.69, 9.17) is 0 Å². The number of amides is 1. The molecule has 0 aliphatic carbocycles. The van der Waals surface area contributed by atoms with Crippen molar-refractivity contribution in [3.8, 4) is 5.82 Å². The highest BCUT2D eigenvalue weighted by atomic mass is 19.1. The fourth-order valence-corrected chi connectivity index (χ4v) is 2.33. The molecule has 2 aromatic heterocycles. The Balaban J connectivity index is 1.54. The van der Waals surface area contributed by atoms with Crippen molar-refractivity contribution in [2.24, 2.45) is 0 Å². The summed E-state index contributed by atoms with van der Waals surface area (Å²) >= 11 is 0. The normalized spacial score (nSPS) is 10.5. The van der Waals surface area contributed by atoms with Gasteiger partial charge in [0.1, 0.15) is 23.3 Å². The molecule has 128 valence electrons. The van der Waals surface area contributed by atoms with Crippen LogP contribution in [0.15, 0.2) is 54.9 Å². The zero-order chi connectivity index (χ0) is 17.6. The second kappa shape index (κ2) is 7.57. The quantitative estimate of drug-likeness (QED) is 0.677. The Morgan fingerprint density at radius 3 is 2.56 bits per heavy atom. The van der Waals surface area contributed by atoms with Crippen LogP contribution in [0.2, 0.25) is 0 Å². The highest BCUT2D eigenvalue weighted by molar-refractivity contribution is 5.94. The summed E-state index contributed by atoms with van der Waals surface area (Å²) < 4.78 is 14.8. The highest BCUT2D eigenvalue weighted by Gasteiger charge is 2.06. The number of carbonyl (C=O) groups is 1. The summed E-state index contributed by atoms with van der Waals surface area (Å²) in [6, 6.07) is 11.1. The van der Waals surface area contributed by atoms with Crippen LogP contribution in [-0.4, -0.2) is 33.5 Å². The van der Waals surface area contributed by atoms with Crippen LogP contribution in [0, 0.1) is 12.7 Å². The van der Waals surface area contributed by atoms with Crippen LogP contribution < -0.4 is 10.6 Å². The first-order chi connectivity index (χ1) is 12.1. The molecule has 0 aliphatic rings. The van der Waals surface area contributed by atoms with Crippen molar-refractivity contribution in [1.29, 1.82) is 0 Å². The number of benzene rings is 1. The summed E-state index contributed by atoms with van der Waals surface area (Å²) in [6.07, 6.45) is 3.82. The third kappa shape index (κ3) is 4.41. The van der Waals surface area contributed by atoms with Gasteiger partial charge in [-0.3, -0.25) is 4.79 Å². The number of aryl methyl sites for hydroxylation is 1. The number of nitrogens with zero attached hydrogens (tertiary/aromatic N) is 3. The van der Waals surface area contributed by atoms with E-state index in [1.165, 1.54) is 24.3 Å². The van der Waals surface area contributed by atoms with Crippen LogP contribution in [-0.2, 0) is 0 Å². The Morgan fingerprint density at radius 2 is 1.84 bits per heavy atom. The molecule has 0 spiro atoms. The van der Waals surface area contributed by atoms with Crippen molar-refractivity contribution in [3.05, 3.63) is 72.1 Å². The molecular formula is C18H18FN5O. The molecule has 0 radical (unpaired) electrons. The maximum absolute atomic E-state index is 12.9. The summed E-state index contributed by atoms with van der Waals surface area (Å²) in [4.78, 5) is 20.7. The lowest BCUT2D eigenvalue weighted by Crippen LogP contribution is -2.29. The van der Waals surface area contributed by atoms with E-state index in [0.29, 0.717) is 30.3 Å². The van der Waals surface area contributed by atoms with E-state index >= 15 is 0 Å². The molecule has 25 heavy (non-hydrogen) atoms. The largest absolute Gasteiger partial charge is 0.368 e. The summed E-state index contributed by atoms with van der Waals surface area (Å²) in [7, 11) is 0. The SMILES string of the molecule is Cc1nc(NCCNC(=O)c2ccc(F)cc2)cc(-n2cccc2)n1. The molecule has 2 heterocycles. The molecule has 3 aromatic rings. The maximum atomic E-state index is 12.9. The van der Waals surface area contributed by atoms with Crippen molar-refractivity contribution < 1.29 is 9.18 Å². The molecule has 2 N–H and O–H groups in total. The number of hydrogen-bond donors (Lipinski definition) is 2. The minimum absolute atomic E-state index is 0.242. The monoisotopic (exact) mass is 339 g/mol. The van der Waals surface area contributed by atoms with Gasteiger partial charge < -0.3 is 15.2 Å². The Bertz CT molecular complexity index is 846. The van der Waals surface area contributed by atoms with Gasteiger partial charge in [0.15, 0.2) is 0 Å². The molecular weight excluding hydrogens is 321 g/mol. The van der Waals surface area contributed by atoms with Crippen molar-refractivity contribution in [3.63, 3.8) is 0 Å². The molecule has 0 atom stereocenters. The fraction of sp³-hybridized carbons (Fsp3) is 0.167. The van der Waals surface area contributed by atoms with Crippen LogP contribution in [0.4, 0.5) is 10.2 Å². The second-order valence-electron chi connectivity index (χ2n) is 5.44. The van der Waals surface area contributed by atoms with Gasteiger partial charge in [-0.05, 0) is 43.3 Å². The Hall–Kier alpha value is -3.22. The van der Waals surface area contributed by atoms with Gasteiger partial charge in [0.05, 0.1) is 0 Å². The summed E-state index contributed by atoms with van der Waals surface area (Å²) in [5, 5.41) is 5.94. The van der Waals surface area contributed by atoms with Gasteiger partial charge in [0.2, 0.25) is 0 Å². The van der Waals surface area contributed by atoms with Crippen molar-refractivity contribution >= 4 is 11.7 Å². The number of nitrogens with one attached hydrogen (secondary N) is 2. The smallest absolute Gasteiger partial charge is 0.251 e. The molecule has 0 fully saturated rings. The molecule has 0 aliphatic heterocycles. The van der Waals surface area contributed by atoms with Crippen LogP contribution in [0.5, 0.6) is 0 Å². The maximum Gasteiger partial charge on any atom is 0.251 e. The van der Waals surface area contributed by atoms with E-state index in [0.717, 1.165) is 5.82 Å². The number of halogens is 1. The molecule has 7 heteroatoms. The number of hydrogen-bond acceptors (Lipinski definition) is 4. The van der Waals surface area contributed by atoms with Gasteiger partial charge in [0.25, 0.3) is 5.91 Å². The Morgan fingerprint density at radius 1 is 1.12 bits per heavy atom. The number of anilines is 1. The summed E-state index contributed by atoms with van der Waals surface area (Å²) in [6.45, 7) is 2.75. The zero-order valence-corrected chi connectivity index (χ0v) is 13.7. The zero-order valence-electron chi connectivity index (χ0n) is 13.7. The number of carbonyl (C=O) groups excluding carboxylic acids is 1. The molecule has 3 rings (SSSR count). The highest BCUT2D eigenvalue weighted by Crippen LogP contribution is 2.11. The van der Waals surface area contributed by atoms with Crippen molar-refractivity contribution in [2.75, 3.05) is 18.4 Å². The predicted octanol–water partition coefficient (Wildman–Crippen LogP) is 2.56. The van der Waals surface area contributed by atoms with E-state index in [9.17, 15) is 9.18 Å². The van der Waals surface area contributed by atoms with Gasteiger partial charge >= 0.3 is 0 Å². The van der Waals surface area contributed by atoms with E-state index in [1.807, 2.05) is 42.1 Å². The predicted molar refractivity (Wildman–Crippen MR) is 93.3 cm³/mol. The van der Waals surface area contributed by atoms with Crippen LogP contribution in [0.3, 0.4) is 0 Å². The Labute approximate surface area is 144 Å². The lowest BCUT2D eigenvalue weighted by molar-refractivity contribution is 0.0955. The summed E-state index contributed by atoms with van der Waals surface area (Å²) in [5.41, 5.74) is 0.425.